The number of nitrogens with zero attached hydrogens (tertiary/aromatic N) is 4. The van der Waals surface area contributed by atoms with Gasteiger partial charge in [-0.2, -0.15) is 16.7 Å². The van der Waals surface area contributed by atoms with Gasteiger partial charge < -0.3 is 10.2 Å². The molecular formula is C18H18BrN5O2S2. The summed E-state index contributed by atoms with van der Waals surface area (Å²) in [6, 6.07) is 5.56. The summed E-state index contributed by atoms with van der Waals surface area (Å²) < 4.78 is 2.80. The summed E-state index contributed by atoms with van der Waals surface area (Å²) in [6.07, 6.45) is 1.40. The lowest BCUT2D eigenvalue weighted by Crippen LogP contribution is -2.32. The molecule has 1 aromatic carbocycles. The average Bonchev–Trinajstić information content (AvgIpc) is 3.13. The number of nitrogens with one attached hydrogen (secondary N) is 1. The van der Waals surface area contributed by atoms with Crippen molar-refractivity contribution >= 4 is 66.1 Å². The van der Waals surface area contributed by atoms with Crippen LogP contribution in [0.15, 0.2) is 33.8 Å². The minimum atomic E-state index is -0.275. The Kier molecular flexibility index (Phi) is 5.70. The summed E-state index contributed by atoms with van der Waals surface area (Å²) in [4.78, 5) is 36.2. The molecule has 10 heteroatoms. The van der Waals surface area contributed by atoms with E-state index < -0.39 is 0 Å². The molecule has 1 N–H and O–H groups in total. The topological polar surface area (TPSA) is 80.1 Å². The molecule has 2 aromatic heterocycles. The van der Waals surface area contributed by atoms with Crippen LogP contribution in [0.3, 0.4) is 0 Å². The number of thioether (sulfide) groups is 1. The number of rotatable bonds is 4. The molecular weight excluding hydrogens is 462 g/mol. The highest BCUT2D eigenvalue weighted by molar-refractivity contribution is 9.10. The number of hydrogen-bond donors (Lipinski definition) is 1. The summed E-state index contributed by atoms with van der Waals surface area (Å²) in [5.74, 6) is 1.84. The van der Waals surface area contributed by atoms with Crippen molar-refractivity contribution in [3.05, 3.63) is 44.9 Å². The van der Waals surface area contributed by atoms with E-state index in [9.17, 15) is 9.59 Å². The summed E-state index contributed by atoms with van der Waals surface area (Å²) in [7, 11) is 0. The van der Waals surface area contributed by atoms with E-state index in [1.165, 1.54) is 22.2 Å². The fourth-order valence-corrected chi connectivity index (χ4v) is 5.09. The number of anilines is 2. The summed E-state index contributed by atoms with van der Waals surface area (Å²) in [5, 5.41) is 3.65. The Morgan fingerprint density at radius 2 is 2.11 bits per heavy atom. The standard InChI is InChI=1S/C18H18BrN5O2S2/c1-11-8-12(2-3-13(11)19)21-14(25)9-24-10-20-16-15(17(24)26)28-18(22-16)23-4-6-27-7-5-23/h2-3,8,10H,4-7,9H2,1H3,(H,21,25). The van der Waals surface area contributed by atoms with Gasteiger partial charge in [0.2, 0.25) is 5.91 Å². The lowest BCUT2D eigenvalue weighted by atomic mass is 10.2. The predicted molar refractivity (Wildman–Crippen MR) is 119 cm³/mol. The van der Waals surface area contributed by atoms with Crippen molar-refractivity contribution in [2.75, 3.05) is 34.8 Å². The van der Waals surface area contributed by atoms with E-state index in [0.29, 0.717) is 16.0 Å². The van der Waals surface area contributed by atoms with Gasteiger partial charge in [-0.05, 0) is 30.7 Å². The molecule has 0 radical (unpaired) electrons. The Hall–Kier alpha value is -1.91. The molecule has 1 aliphatic rings. The first-order valence-corrected chi connectivity index (χ1v) is 11.5. The van der Waals surface area contributed by atoms with Crippen LogP contribution < -0.4 is 15.8 Å². The van der Waals surface area contributed by atoms with E-state index >= 15 is 0 Å². The Bertz CT molecular complexity index is 1090. The molecule has 28 heavy (non-hydrogen) atoms. The Morgan fingerprint density at radius 1 is 1.32 bits per heavy atom. The second-order valence-electron chi connectivity index (χ2n) is 6.44. The fraction of sp³-hybridized carbons (Fsp3) is 0.333. The highest BCUT2D eigenvalue weighted by atomic mass is 79.9. The second kappa shape index (κ2) is 8.22. The van der Waals surface area contributed by atoms with Gasteiger partial charge in [0, 0.05) is 34.8 Å². The van der Waals surface area contributed by atoms with E-state index in [-0.39, 0.29) is 18.0 Å². The van der Waals surface area contributed by atoms with Crippen molar-refractivity contribution in [3.63, 3.8) is 0 Å². The molecule has 7 nitrogen and oxygen atoms in total. The molecule has 1 aliphatic heterocycles. The molecule has 0 aliphatic carbocycles. The Morgan fingerprint density at radius 3 is 2.86 bits per heavy atom. The van der Waals surface area contributed by atoms with Crippen molar-refractivity contribution < 1.29 is 4.79 Å². The first-order chi connectivity index (χ1) is 13.5. The van der Waals surface area contributed by atoms with Gasteiger partial charge in [0.25, 0.3) is 5.56 Å². The number of fused-ring (bicyclic) bond motifs is 1. The van der Waals surface area contributed by atoms with Gasteiger partial charge in [-0.1, -0.05) is 27.3 Å². The molecule has 0 atom stereocenters. The zero-order valence-corrected chi connectivity index (χ0v) is 18.4. The highest BCUT2D eigenvalue weighted by Gasteiger charge is 2.18. The fourth-order valence-electron chi connectivity index (χ4n) is 2.92. The number of carbonyl (C=O) groups is 1. The van der Waals surface area contributed by atoms with Crippen LogP contribution >= 0.6 is 39.0 Å². The molecule has 1 fully saturated rings. The highest BCUT2D eigenvalue weighted by Crippen LogP contribution is 2.27. The van der Waals surface area contributed by atoms with Gasteiger partial charge in [-0.25, -0.2) is 4.98 Å². The number of aromatic nitrogens is 3. The van der Waals surface area contributed by atoms with Crippen molar-refractivity contribution in [2.45, 2.75) is 13.5 Å². The maximum atomic E-state index is 12.8. The minimum absolute atomic E-state index is 0.0928. The first-order valence-electron chi connectivity index (χ1n) is 8.76. The predicted octanol–water partition coefficient (Wildman–Crippen LogP) is 3.12. The van der Waals surface area contributed by atoms with Crippen LogP contribution in [-0.4, -0.2) is 45.0 Å². The van der Waals surface area contributed by atoms with Gasteiger partial charge in [0.15, 0.2) is 10.8 Å². The second-order valence-corrected chi connectivity index (χ2v) is 9.49. The summed E-state index contributed by atoms with van der Waals surface area (Å²) in [6.45, 7) is 3.70. The number of thiazole rings is 1. The molecule has 0 spiro atoms. The van der Waals surface area contributed by atoms with Crippen LogP contribution in [0, 0.1) is 6.92 Å². The van der Waals surface area contributed by atoms with E-state index in [4.69, 9.17) is 0 Å². The lowest BCUT2D eigenvalue weighted by molar-refractivity contribution is -0.116. The molecule has 0 saturated carbocycles. The number of amides is 1. The minimum Gasteiger partial charge on any atom is -0.346 e. The van der Waals surface area contributed by atoms with Crippen LogP contribution in [0.4, 0.5) is 10.8 Å². The molecule has 146 valence electrons. The average molecular weight is 480 g/mol. The van der Waals surface area contributed by atoms with Crippen LogP contribution in [-0.2, 0) is 11.3 Å². The molecule has 0 bridgehead atoms. The summed E-state index contributed by atoms with van der Waals surface area (Å²) in [5.41, 5.74) is 1.92. The van der Waals surface area contributed by atoms with Crippen molar-refractivity contribution in [1.82, 2.24) is 14.5 Å². The Labute approximate surface area is 178 Å². The molecule has 4 rings (SSSR count). The third kappa shape index (κ3) is 4.08. The largest absolute Gasteiger partial charge is 0.346 e. The van der Waals surface area contributed by atoms with Crippen LogP contribution in [0.25, 0.3) is 10.3 Å². The molecule has 0 unspecified atom stereocenters. The third-order valence-corrected chi connectivity index (χ3v) is 7.34. The number of carbonyl (C=O) groups excluding carboxylic acids is 1. The number of aryl methyl sites for hydroxylation is 1. The van der Waals surface area contributed by atoms with Gasteiger partial charge in [-0.3, -0.25) is 14.2 Å². The normalized spacial score (nSPS) is 14.4. The van der Waals surface area contributed by atoms with E-state index in [1.807, 2.05) is 36.9 Å². The third-order valence-electron chi connectivity index (χ3n) is 4.41. The first kappa shape index (κ1) is 19.4. The maximum Gasteiger partial charge on any atom is 0.273 e. The van der Waals surface area contributed by atoms with Gasteiger partial charge in [0.05, 0.1) is 0 Å². The number of hydrogen-bond acceptors (Lipinski definition) is 7. The van der Waals surface area contributed by atoms with Crippen molar-refractivity contribution in [2.24, 2.45) is 0 Å². The molecule has 1 saturated heterocycles. The van der Waals surface area contributed by atoms with E-state index in [0.717, 1.165) is 39.8 Å². The Balaban J connectivity index is 1.53. The van der Waals surface area contributed by atoms with Crippen molar-refractivity contribution in [3.8, 4) is 0 Å². The van der Waals surface area contributed by atoms with Crippen LogP contribution in [0.1, 0.15) is 5.56 Å². The van der Waals surface area contributed by atoms with E-state index in [2.05, 4.69) is 36.1 Å². The smallest absolute Gasteiger partial charge is 0.273 e. The molecule has 3 heterocycles. The zero-order chi connectivity index (χ0) is 19.7. The maximum absolute atomic E-state index is 12.8. The number of halogens is 1. The van der Waals surface area contributed by atoms with Crippen LogP contribution in [0.5, 0.6) is 0 Å². The van der Waals surface area contributed by atoms with Crippen molar-refractivity contribution in [1.29, 1.82) is 0 Å². The monoisotopic (exact) mass is 479 g/mol. The molecule has 1 amide bonds. The van der Waals surface area contributed by atoms with Gasteiger partial charge in [-0.15, -0.1) is 0 Å². The zero-order valence-electron chi connectivity index (χ0n) is 15.1. The van der Waals surface area contributed by atoms with Crippen LogP contribution in [0.2, 0.25) is 0 Å². The SMILES string of the molecule is Cc1cc(NC(=O)Cn2cnc3nc(N4CCSCC4)sc3c2=O)ccc1Br. The van der Waals surface area contributed by atoms with Gasteiger partial charge >= 0.3 is 0 Å². The van der Waals surface area contributed by atoms with E-state index in [1.54, 1.807) is 0 Å². The number of benzene rings is 1. The lowest BCUT2D eigenvalue weighted by Gasteiger charge is -2.25. The van der Waals surface area contributed by atoms with Gasteiger partial charge in [0.1, 0.15) is 17.6 Å². The quantitative estimate of drug-likeness (QED) is 0.618. The molecule has 3 aromatic rings. The summed E-state index contributed by atoms with van der Waals surface area (Å²) >= 11 is 6.71.